The second-order valence-corrected chi connectivity index (χ2v) is 8.23. The van der Waals surface area contributed by atoms with E-state index in [1.807, 2.05) is 17.0 Å². The van der Waals surface area contributed by atoms with E-state index in [2.05, 4.69) is 15.0 Å². The zero-order valence-electron chi connectivity index (χ0n) is 16.3. The van der Waals surface area contributed by atoms with Crippen molar-refractivity contribution in [3.8, 4) is 0 Å². The van der Waals surface area contributed by atoms with Gasteiger partial charge in [-0.15, -0.1) is 0 Å². The summed E-state index contributed by atoms with van der Waals surface area (Å²) in [5, 5.41) is 4.08. The molecule has 150 valence electrons. The molecule has 1 unspecified atom stereocenters. The zero-order chi connectivity index (χ0) is 19.4. The van der Waals surface area contributed by atoms with Crippen LogP contribution in [0.5, 0.6) is 0 Å². The lowest BCUT2D eigenvalue weighted by Gasteiger charge is -2.40. The Labute approximate surface area is 165 Å². The van der Waals surface area contributed by atoms with Crippen molar-refractivity contribution < 1.29 is 9.18 Å². The molecule has 2 aliphatic rings. The van der Waals surface area contributed by atoms with E-state index >= 15 is 0 Å². The minimum atomic E-state index is -0.127. The fourth-order valence-electron chi connectivity index (χ4n) is 4.69. The number of amides is 1. The van der Waals surface area contributed by atoms with Gasteiger partial charge in [-0.25, -0.2) is 9.37 Å². The van der Waals surface area contributed by atoms with Crippen LogP contribution in [0.4, 0.5) is 4.39 Å². The molecule has 1 atom stereocenters. The highest BCUT2D eigenvalue weighted by atomic mass is 19.1. The van der Waals surface area contributed by atoms with Crippen molar-refractivity contribution in [2.75, 3.05) is 26.2 Å². The van der Waals surface area contributed by atoms with Crippen molar-refractivity contribution in [2.24, 2.45) is 5.41 Å². The summed E-state index contributed by atoms with van der Waals surface area (Å²) in [6.45, 7) is 5.01. The molecule has 3 heterocycles. The number of aryl methyl sites for hydroxylation is 1. The van der Waals surface area contributed by atoms with Gasteiger partial charge in [0.15, 0.2) is 0 Å². The van der Waals surface area contributed by atoms with Crippen LogP contribution in [-0.2, 0) is 17.9 Å². The van der Waals surface area contributed by atoms with Crippen molar-refractivity contribution >= 4 is 5.91 Å². The highest BCUT2D eigenvalue weighted by Gasteiger charge is 2.42. The molecule has 0 bridgehead atoms. The van der Waals surface area contributed by atoms with Crippen molar-refractivity contribution in [1.82, 2.24) is 24.6 Å². The van der Waals surface area contributed by atoms with Gasteiger partial charge in [0.2, 0.25) is 5.91 Å². The Kier molecular flexibility index (Phi) is 5.71. The number of hydrogen-bond donors (Lipinski definition) is 0. The Hall–Kier alpha value is -2.28. The van der Waals surface area contributed by atoms with E-state index in [0.717, 1.165) is 64.0 Å². The number of halogens is 1. The van der Waals surface area contributed by atoms with Crippen molar-refractivity contribution in [3.63, 3.8) is 0 Å². The van der Waals surface area contributed by atoms with Gasteiger partial charge in [-0.3, -0.25) is 14.4 Å². The second kappa shape index (κ2) is 8.39. The molecule has 1 aromatic heterocycles. The third-order valence-corrected chi connectivity index (χ3v) is 6.13. The fourth-order valence-corrected chi connectivity index (χ4v) is 4.69. The summed E-state index contributed by atoms with van der Waals surface area (Å²) in [6.07, 6.45) is 7.85. The van der Waals surface area contributed by atoms with E-state index in [-0.39, 0.29) is 17.1 Å². The monoisotopic (exact) mass is 385 g/mol. The molecule has 1 aromatic carbocycles. The molecule has 2 aromatic rings. The predicted octanol–water partition coefficient (Wildman–Crippen LogP) is 2.71. The molecule has 2 saturated heterocycles. The van der Waals surface area contributed by atoms with Gasteiger partial charge in [0.25, 0.3) is 0 Å². The summed E-state index contributed by atoms with van der Waals surface area (Å²) < 4.78 is 15.8. The first-order chi connectivity index (χ1) is 13.6. The minimum absolute atomic E-state index is 0.127. The van der Waals surface area contributed by atoms with E-state index in [0.29, 0.717) is 13.0 Å². The lowest BCUT2D eigenvalue weighted by atomic mass is 9.79. The average Bonchev–Trinajstić information content (AvgIpc) is 3.34. The molecule has 1 amide bonds. The zero-order valence-corrected chi connectivity index (χ0v) is 16.3. The van der Waals surface area contributed by atoms with Gasteiger partial charge in [-0.1, -0.05) is 18.2 Å². The van der Waals surface area contributed by atoms with Crippen LogP contribution in [0.3, 0.4) is 0 Å². The van der Waals surface area contributed by atoms with Crippen LogP contribution in [0.1, 0.15) is 37.7 Å². The van der Waals surface area contributed by atoms with Crippen molar-refractivity contribution in [3.05, 3.63) is 48.3 Å². The number of aromatic nitrogens is 3. The van der Waals surface area contributed by atoms with Crippen LogP contribution >= 0.6 is 0 Å². The largest absolute Gasteiger partial charge is 0.342 e. The molecular weight excluding hydrogens is 357 g/mol. The number of likely N-dealkylation sites (tertiary alicyclic amines) is 2. The van der Waals surface area contributed by atoms with Gasteiger partial charge in [-0.2, -0.15) is 5.10 Å². The highest BCUT2D eigenvalue weighted by Crippen LogP contribution is 2.39. The number of carbonyl (C=O) groups excluding carboxylic acids is 1. The summed E-state index contributed by atoms with van der Waals surface area (Å²) in [5.41, 5.74) is 0.934. The number of carbonyl (C=O) groups is 1. The van der Waals surface area contributed by atoms with Gasteiger partial charge in [0.05, 0.1) is 0 Å². The van der Waals surface area contributed by atoms with E-state index < -0.39 is 0 Å². The third kappa shape index (κ3) is 4.41. The molecule has 4 rings (SSSR count). The van der Waals surface area contributed by atoms with Gasteiger partial charge in [0.1, 0.15) is 18.5 Å². The summed E-state index contributed by atoms with van der Waals surface area (Å²) in [4.78, 5) is 21.0. The molecule has 2 aliphatic heterocycles. The van der Waals surface area contributed by atoms with E-state index in [4.69, 9.17) is 0 Å². The Morgan fingerprint density at radius 1 is 1.18 bits per heavy atom. The van der Waals surface area contributed by atoms with Crippen molar-refractivity contribution in [1.29, 1.82) is 0 Å². The quantitative estimate of drug-likeness (QED) is 0.767. The summed E-state index contributed by atoms with van der Waals surface area (Å²) in [5.74, 6) is 0.112. The summed E-state index contributed by atoms with van der Waals surface area (Å²) in [7, 11) is 0. The molecule has 0 aliphatic carbocycles. The van der Waals surface area contributed by atoms with Gasteiger partial charge < -0.3 is 4.90 Å². The highest BCUT2D eigenvalue weighted by molar-refractivity contribution is 5.76. The molecule has 0 N–H and O–H groups in total. The van der Waals surface area contributed by atoms with Gasteiger partial charge in [-0.05, 0) is 38.3 Å². The second-order valence-electron chi connectivity index (χ2n) is 8.23. The Morgan fingerprint density at radius 3 is 2.89 bits per heavy atom. The number of benzene rings is 1. The topological polar surface area (TPSA) is 54.3 Å². The molecule has 6 nitrogen and oxygen atoms in total. The lowest BCUT2D eigenvalue weighted by Crippen LogP contribution is -2.45. The maximum atomic E-state index is 14.0. The molecule has 7 heteroatoms. The Bertz CT molecular complexity index is 796. The molecular formula is C21H28FN5O. The maximum absolute atomic E-state index is 14.0. The van der Waals surface area contributed by atoms with E-state index in [9.17, 15) is 9.18 Å². The molecule has 0 radical (unpaired) electrons. The van der Waals surface area contributed by atoms with Crippen LogP contribution in [0.15, 0.2) is 36.9 Å². The minimum Gasteiger partial charge on any atom is -0.342 e. The number of piperidine rings is 1. The van der Waals surface area contributed by atoms with Crippen LogP contribution < -0.4 is 0 Å². The summed E-state index contributed by atoms with van der Waals surface area (Å²) >= 11 is 0. The van der Waals surface area contributed by atoms with Gasteiger partial charge >= 0.3 is 0 Å². The molecule has 28 heavy (non-hydrogen) atoms. The molecule has 1 spiro atoms. The number of rotatable bonds is 6. The smallest absolute Gasteiger partial charge is 0.222 e. The Morgan fingerprint density at radius 2 is 2.07 bits per heavy atom. The first-order valence-electron chi connectivity index (χ1n) is 10.2. The first kappa shape index (κ1) is 19.1. The third-order valence-electron chi connectivity index (χ3n) is 6.13. The summed E-state index contributed by atoms with van der Waals surface area (Å²) in [6, 6.07) is 7.04. The lowest BCUT2D eigenvalue weighted by molar-refractivity contribution is -0.130. The number of nitrogens with zero attached hydrogens (tertiary/aromatic N) is 5. The first-order valence-corrected chi connectivity index (χ1v) is 10.2. The van der Waals surface area contributed by atoms with Crippen LogP contribution in [0.25, 0.3) is 0 Å². The van der Waals surface area contributed by atoms with Crippen molar-refractivity contribution in [2.45, 2.75) is 45.2 Å². The number of hydrogen-bond acceptors (Lipinski definition) is 4. The van der Waals surface area contributed by atoms with Crippen LogP contribution in [0, 0.1) is 11.2 Å². The Balaban J connectivity index is 1.29. The normalized spacial score (nSPS) is 22.8. The molecule has 0 saturated carbocycles. The maximum Gasteiger partial charge on any atom is 0.222 e. The molecule has 2 fully saturated rings. The average molecular weight is 385 g/mol. The predicted molar refractivity (Wildman–Crippen MR) is 104 cm³/mol. The van der Waals surface area contributed by atoms with Gasteiger partial charge in [0, 0.05) is 50.1 Å². The SMILES string of the molecule is O=C(CCCn1cncn1)N1CCC2(CCCN(Cc3ccccc3F)C2)C1. The fraction of sp³-hybridized carbons (Fsp3) is 0.571. The standard InChI is InChI=1S/C21H28FN5O/c22-19-6-2-1-5-18(19)13-25-10-4-8-21(14-25)9-12-26(15-21)20(28)7-3-11-27-17-23-16-24-27/h1-2,5-6,16-17H,3-4,7-15H2. The van der Waals surface area contributed by atoms with E-state index in [1.165, 1.54) is 12.4 Å². The van der Waals surface area contributed by atoms with Crippen LogP contribution in [-0.4, -0.2) is 56.7 Å². The van der Waals surface area contributed by atoms with E-state index in [1.54, 1.807) is 17.1 Å². The van der Waals surface area contributed by atoms with Crippen LogP contribution in [0.2, 0.25) is 0 Å².